The first-order valence-corrected chi connectivity index (χ1v) is 7.10. The zero-order valence-electron chi connectivity index (χ0n) is 10.0. The molecule has 1 aromatic rings. The minimum absolute atomic E-state index is 0.0277. The van der Waals surface area contributed by atoms with Gasteiger partial charge in [-0.3, -0.25) is 0 Å². The Bertz CT molecular complexity index is 404. The average molecular weight is 275 g/mol. The van der Waals surface area contributed by atoms with Crippen LogP contribution in [0.25, 0.3) is 0 Å². The van der Waals surface area contributed by atoms with Crippen molar-refractivity contribution in [2.24, 2.45) is 0 Å². The molecule has 1 aromatic carbocycles. The van der Waals surface area contributed by atoms with E-state index in [0.717, 1.165) is 18.5 Å². The summed E-state index contributed by atoms with van der Waals surface area (Å²) in [5, 5.41) is 3.12. The van der Waals surface area contributed by atoms with Gasteiger partial charge in [0.15, 0.2) is 0 Å². The van der Waals surface area contributed by atoms with Crippen molar-refractivity contribution in [3.05, 3.63) is 29.3 Å². The maximum atomic E-state index is 12.0. The Balaban J connectivity index is 1.90. The van der Waals surface area contributed by atoms with E-state index in [1.165, 1.54) is 24.0 Å². The van der Waals surface area contributed by atoms with E-state index in [-0.39, 0.29) is 17.5 Å². The predicted octanol–water partition coefficient (Wildman–Crippen LogP) is 4.23. The number of thioether (sulfide) groups is 1. The molecule has 0 saturated carbocycles. The van der Waals surface area contributed by atoms with Gasteiger partial charge in [0.2, 0.25) is 0 Å². The van der Waals surface area contributed by atoms with Crippen LogP contribution >= 0.6 is 11.8 Å². The molecular formula is C13H16F3NS. The first kappa shape index (κ1) is 13.6. The molecule has 0 atom stereocenters. The highest BCUT2D eigenvalue weighted by molar-refractivity contribution is 8.00. The summed E-state index contributed by atoms with van der Waals surface area (Å²) in [6.07, 6.45) is 4.50. The molecule has 1 nitrogen and oxygen atoms in total. The van der Waals surface area contributed by atoms with Gasteiger partial charge in [0, 0.05) is 18.0 Å². The van der Waals surface area contributed by atoms with Gasteiger partial charge in [0.1, 0.15) is 0 Å². The summed E-state index contributed by atoms with van der Waals surface area (Å²) in [5.74, 6) is 0.0488. The molecule has 0 aliphatic heterocycles. The highest BCUT2D eigenvalue weighted by Gasteiger charge is 2.27. The Morgan fingerprint density at radius 1 is 1.17 bits per heavy atom. The number of anilines is 1. The third-order valence-electron chi connectivity index (χ3n) is 3.08. The second-order valence-corrected chi connectivity index (χ2v) is 5.53. The molecule has 0 bridgehead atoms. The maximum Gasteiger partial charge on any atom is 0.441 e. The molecule has 5 heteroatoms. The molecule has 100 valence electrons. The second-order valence-electron chi connectivity index (χ2n) is 4.37. The summed E-state index contributed by atoms with van der Waals surface area (Å²) >= 11 is 0.0277. The van der Waals surface area contributed by atoms with Crippen molar-refractivity contribution in [3.63, 3.8) is 0 Å². The van der Waals surface area contributed by atoms with E-state index in [4.69, 9.17) is 0 Å². The maximum absolute atomic E-state index is 12.0. The Morgan fingerprint density at radius 2 is 1.94 bits per heavy atom. The zero-order chi connectivity index (χ0) is 13.0. The first-order valence-electron chi connectivity index (χ1n) is 6.11. The summed E-state index contributed by atoms with van der Waals surface area (Å²) in [6, 6.07) is 6.05. The topological polar surface area (TPSA) is 12.0 Å². The zero-order valence-corrected chi connectivity index (χ0v) is 10.8. The van der Waals surface area contributed by atoms with Crippen LogP contribution in [0.3, 0.4) is 0 Å². The van der Waals surface area contributed by atoms with Gasteiger partial charge < -0.3 is 5.32 Å². The number of aryl methyl sites for hydroxylation is 1. The SMILES string of the molecule is FC(F)(F)SCCNc1cccc2c1CCCC2. The Hall–Kier alpha value is -0.840. The fourth-order valence-electron chi connectivity index (χ4n) is 2.30. The van der Waals surface area contributed by atoms with Crippen LogP contribution in [0.2, 0.25) is 0 Å². The lowest BCUT2D eigenvalue weighted by atomic mass is 9.90. The van der Waals surface area contributed by atoms with E-state index in [1.54, 1.807) is 0 Å². The molecule has 2 rings (SSSR count). The highest BCUT2D eigenvalue weighted by atomic mass is 32.2. The molecule has 1 N–H and O–H groups in total. The van der Waals surface area contributed by atoms with E-state index >= 15 is 0 Å². The van der Waals surface area contributed by atoms with Crippen molar-refractivity contribution >= 4 is 17.4 Å². The number of benzene rings is 1. The molecule has 0 amide bonds. The monoisotopic (exact) mass is 275 g/mol. The van der Waals surface area contributed by atoms with E-state index in [0.29, 0.717) is 6.54 Å². The van der Waals surface area contributed by atoms with Gasteiger partial charge in [-0.2, -0.15) is 13.2 Å². The number of hydrogen-bond acceptors (Lipinski definition) is 2. The van der Waals surface area contributed by atoms with Crippen molar-refractivity contribution in [2.75, 3.05) is 17.6 Å². The van der Waals surface area contributed by atoms with Crippen LogP contribution in [0, 0.1) is 0 Å². The van der Waals surface area contributed by atoms with Gasteiger partial charge in [-0.05, 0) is 54.6 Å². The van der Waals surface area contributed by atoms with E-state index in [2.05, 4.69) is 11.4 Å². The minimum atomic E-state index is -4.13. The van der Waals surface area contributed by atoms with Gasteiger partial charge in [-0.25, -0.2) is 0 Å². The molecule has 0 saturated heterocycles. The Labute approximate surface area is 109 Å². The van der Waals surface area contributed by atoms with E-state index in [9.17, 15) is 13.2 Å². The molecule has 0 heterocycles. The average Bonchev–Trinajstić information content (AvgIpc) is 2.33. The van der Waals surface area contributed by atoms with Crippen molar-refractivity contribution in [3.8, 4) is 0 Å². The number of fused-ring (bicyclic) bond motifs is 1. The van der Waals surface area contributed by atoms with Crippen molar-refractivity contribution in [2.45, 2.75) is 31.2 Å². The molecular weight excluding hydrogens is 259 g/mol. The van der Waals surface area contributed by atoms with Gasteiger partial charge in [0.05, 0.1) is 0 Å². The summed E-state index contributed by atoms with van der Waals surface area (Å²) < 4.78 is 36.0. The second kappa shape index (κ2) is 5.87. The summed E-state index contributed by atoms with van der Waals surface area (Å²) in [7, 11) is 0. The molecule has 18 heavy (non-hydrogen) atoms. The molecule has 0 aromatic heterocycles. The van der Waals surface area contributed by atoms with Gasteiger partial charge in [0.25, 0.3) is 0 Å². The van der Waals surface area contributed by atoms with Crippen LogP contribution < -0.4 is 5.32 Å². The fourth-order valence-corrected chi connectivity index (χ4v) is 2.73. The lowest BCUT2D eigenvalue weighted by molar-refractivity contribution is -0.0327. The molecule has 0 radical (unpaired) electrons. The summed E-state index contributed by atoms with van der Waals surface area (Å²) in [5.41, 5.74) is -0.483. The number of rotatable bonds is 4. The molecule has 1 aliphatic carbocycles. The summed E-state index contributed by atoms with van der Waals surface area (Å²) in [4.78, 5) is 0. The van der Waals surface area contributed by atoms with Gasteiger partial charge in [-0.1, -0.05) is 12.1 Å². The third-order valence-corrected chi connectivity index (χ3v) is 3.81. The number of hydrogen-bond donors (Lipinski definition) is 1. The molecule has 1 aliphatic rings. The Morgan fingerprint density at radius 3 is 2.72 bits per heavy atom. The van der Waals surface area contributed by atoms with Crippen molar-refractivity contribution < 1.29 is 13.2 Å². The third kappa shape index (κ3) is 3.83. The minimum Gasteiger partial charge on any atom is -0.384 e. The van der Waals surface area contributed by atoms with Crippen LogP contribution in [0.1, 0.15) is 24.0 Å². The normalized spacial score (nSPS) is 15.3. The Kier molecular flexibility index (Phi) is 4.43. The van der Waals surface area contributed by atoms with Crippen LogP contribution in [0.5, 0.6) is 0 Å². The summed E-state index contributed by atoms with van der Waals surface area (Å²) in [6.45, 7) is 0.348. The largest absolute Gasteiger partial charge is 0.441 e. The van der Waals surface area contributed by atoms with Crippen LogP contribution in [-0.2, 0) is 12.8 Å². The van der Waals surface area contributed by atoms with Crippen molar-refractivity contribution in [1.82, 2.24) is 0 Å². The van der Waals surface area contributed by atoms with Crippen molar-refractivity contribution in [1.29, 1.82) is 0 Å². The number of halogens is 3. The number of nitrogens with one attached hydrogen (secondary N) is 1. The van der Waals surface area contributed by atoms with Crippen LogP contribution in [-0.4, -0.2) is 17.8 Å². The van der Waals surface area contributed by atoms with E-state index in [1.807, 2.05) is 12.1 Å². The molecule has 0 spiro atoms. The molecule has 0 fully saturated rings. The van der Waals surface area contributed by atoms with Gasteiger partial charge in [-0.15, -0.1) is 0 Å². The fraction of sp³-hybridized carbons (Fsp3) is 0.538. The highest BCUT2D eigenvalue weighted by Crippen LogP contribution is 2.30. The standard InChI is InChI=1S/C13H16F3NS/c14-13(15,16)18-9-8-17-12-7-3-5-10-4-1-2-6-11(10)12/h3,5,7,17H,1-2,4,6,8-9H2. The van der Waals surface area contributed by atoms with E-state index < -0.39 is 5.51 Å². The molecule has 0 unspecified atom stereocenters. The van der Waals surface area contributed by atoms with Gasteiger partial charge >= 0.3 is 5.51 Å². The first-order chi connectivity index (χ1) is 8.56. The predicted molar refractivity (Wildman–Crippen MR) is 70.1 cm³/mol. The van der Waals surface area contributed by atoms with Crippen LogP contribution in [0.4, 0.5) is 18.9 Å². The smallest absolute Gasteiger partial charge is 0.384 e. The lowest BCUT2D eigenvalue weighted by Gasteiger charge is -2.20. The lowest BCUT2D eigenvalue weighted by Crippen LogP contribution is -2.12. The number of alkyl halides is 3. The quantitative estimate of drug-likeness (QED) is 0.825. The van der Waals surface area contributed by atoms with Crippen LogP contribution in [0.15, 0.2) is 18.2 Å².